The first-order chi connectivity index (χ1) is 8.35. The number of aromatic nitrogens is 3. The van der Waals surface area contributed by atoms with E-state index in [-0.39, 0.29) is 12.3 Å². The molecule has 1 rings (SSSR count). The zero-order chi connectivity index (χ0) is 13.8. The van der Waals surface area contributed by atoms with Gasteiger partial charge in [-0.1, -0.05) is 5.21 Å². The fraction of sp³-hybridized carbons (Fsp3) is 0.750. The first-order valence-corrected chi connectivity index (χ1v) is 6.09. The number of aryl methyl sites for hydroxylation is 1. The molecule has 18 heavy (non-hydrogen) atoms. The van der Waals surface area contributed by atoms with Crippen molar-refractivity contribution in [2.45, 2.75) is 52.7 Å². The highest BCUT2D eigenvalue weighted by Crippen LogP contribution is 2.13. The lowest BCUT2D eigenvalue weighted by atomic mass is 10.2. The molecule has 102 valence electrons. The number of ether oxygens (including phenoxy) is 1. The molecular weight excluding hydrogens is 234 g/mol. The van der Waals surface area contributed by atoms with Crippen molar-refractivity contribution in [3.63, 3.8) is 0 Å². The van der Waals surface area contributed by atoms with E-state index >= 15 is 0 Å². The van der Waals surface area contributed by atoms with Crippen LogP contribution in [0.4, 0.5) is 0 Å². The molecule has 0 aliphatic rings. The molecule has 6 nitrogen and oxygen atoms in total. The van der Waals surface area contributed by atoms with Gasteiger partial charge < -0.3 is 9.84 Å². The Hall–Kier alpha value is -1.43. The number of esters is 1. The Morgan fingerprint density at radius 1 is 1.39 bits per heavy atom. The maximum Gasteiger partial charge on any atom is 0.361 e. The SMILES string of the molecule is Cc1c(C(=O)OC(C)(C)C)nnn1CCCCO. The van der Waals surface area contributed by atoms with E-state index in [4.69, 9.17) is 9.84 Å². The number of unbranched alkanes of at least 4 members (excludes halogenated alkanes) is 1. The summed E-state index contributed by atoms with van der Waals surface area (Å²) in [5, 5.41) is 16.5. The Balaban J connectivity index is 2.71. The van der Waals surface area contributed by atoms with Crippen LogP contribution in [0.15, 0.2) is 0 Å². The van der Waals surface area contributed by atoms with Crippen molar-refractivity contribution in [1.82, 2.24) is 15.0 Å². The minimum Gasteiger partial charge on any atom is -0.455 e. The van der Waals surface area contributed by atoms with Crippen LogP contribution in [-0.4, -0.2) is 38.3 Å². The average Bonchev–Trinajstić information content (AvgIpc) is 2.58. The maximum absolute atomic E-state index is 11.8. The summed E-state index contributed by atoms with van der Waals surface area (Å²) in [4.78, 5) is 11.8. The van der Waals surface area contributed by atoms with Gasteiger partial charge in [-0.05, 0) is 40.5 Å². The van der Waals surface area contributed by atoms with Crippen LogP contribution in [0, 0.1) is 6.92 Å². The smallest absolute Gasteiger partial charge is 0.361 e. The summed E-state index contributed by atoms with van der Waals surface area (Å²) in [5.41, 5.74) is 0.417. The molecule has 0 bridgehead atoms. The molecule has 0 fully saturated rings. The number of aliphatic hydroxyl groups excluding tert-OH is 1. The van der Waals surface area contributed by atoms with Crippen molar-refractivity contribution < 1.29 is 14.6 Å². The van der Waals surface area contributed by atoms with Gasteiger partial charge in [0.15, 0.2) is 5.69 Å². The minimum atomic E-state index is -0.538. The van der Waals surface area contributed by atoms with Crippen LogP contribution in [0.3, 0.4) is 0 Å². The van der Waals surface area contributed by atoms with Gasteiger partial charge in [-0.2, -0.15) is 0 Å². The van der Waals surface area contributed by atoms with E-state index in [1.165, 1.54) is 0 Å². The van der Waals surface area contributed by atoms with Crippen LogP contribution in [0.25, 0.3) is 0 Å². The van der Waals surface area contributed by atoms with Crippen LogP contribution in [0.1, 0.15) is 49.8 Å². The fourth-order valence-corrected chi connectivity index (χ4v) is 1.46. The monoisotopic (exact) mass is 255 g/mol. The standard InChI is InChI=1S/C12H21N3O3/c1-9-10(11(17)18-12(2,3)4)13-14-15(9)7-5-6-8-16/h16H,5-8H2,1-4H3. The zero-order valence-electron chi connectivity index (χ0n) is 11.4. The number of rotatable bonds is 5. The number of hydrogen-bond acceptors (Lipinski definition) is 5. The third-order valence-electron chi connectivity index (χ3n) is 2.35. The van der Waals surface area contributed by atoms with E-state index in [2.05, 4.69) is 10.3 Å². The molecule has 0 aliphatic heterocycles. The fourth-order valence-electron chi connectivity index (χ4n) is 1.46. The molecular formula is C12H21N3O3. The summed E-state index contributed by atoms with van der Waals surface area (Å²) >= 11 is 0. The third kappa shape index (κ3) is 4.10. The zero-order valence-corrected chi connectivity index (χ0v) is 11.4. The van der Waals surface area contributed by atoms with Gasteiger partial charge in [0.05, 0.1) is 5.69 Å². The maximum atomic E-state index is 11.8. The van der Waals surface area contributed by atoms with E-state index in [1.807, 2.05) is 20.8 Å². The molecule has 1 aromatic heterocycles. The lowest BCUT2D eigenvalue weighted by Gasteiger charge is -2.18. The van der Waals surface area contributed by atoms with Gasteiger partial charge >= 0.3 is 5.97 Å². The molecule has 0 spiro atoms. The second kappa shape index (κ2) is 5.95. The summed E-state index contributed by atoms with van der Waals surface area (Å²) in [6.45, 7) is 8.02. The summed E-state index contributed by atoms with van der Waals surface area (Å²) in [7, 11) is 0. The summed E-state index contributed by atoms with van der Waals surface area (Å²) in [6, 6.07) is 0. The Kier molecular flexibility index (Phi) is 4.84. The molecule has 0 unspecified atom stereocenters. The van der Waals surface area contributed by atoms with E-state index in [0.29, 0.717) is 18.7 Å². The lowest BCUT2D eigenvalue weighted by molar-refractivity contribution is 0.00618. The van der Waals surface area contributed by atoms with Gasteiger partial charge in [0, 0.05) is 13.2 Å². The molecule has 6 heteroatoms. The largest absolute Gasteiger partial charge is 0.455 e. The van der Waals surface area contributed by atoms with E-state index in [1.54, 1.807) is 11.6 Å². The molecule has 0 aromatic carbocycles. The van der Waals surface area contributed by atoms with Gasteiger partial charge in [0.1, 0.15) is 5.60 Å². The average molecular weight is 255 g/mol. The Morgan fingerprint density at radius 3 is 2.61 bits per heavy atom. The lowest BCUT2D eigenvalue weighted by Crippen LogP contribution is -2.24. The number of carbonyl (C=O) groups excluding carboxylic acids is 1. The number of nitrogens with zero attached hydrogens (tertiary/aromatic N) is 3. The second-order valence-corrected chi connectivity index (χ2v) is 5.18. The van der Waals surface area contributed by atoms with Gasteiger partial charge in [-0.15, -0.1) is 5.10 Å². The molecule has 1 aromatic rings. The van der Waals surface area contributed by atoms with E-state index < -0.39 is 11.6 Å². The van der Waals surface area contributed by atoms with Gasteiger partial charge in [-0.25, -0.2) is 9.48 Å². The van der Waals surface area contributed by atoms with Gasteiger partial charge in [0.25, 0.3) is 0 Å². The van der Waals surface area contributed by atoms with Gasteiger partial charge in [-0.3, -0.25) is 0 Å². The van der Waals surface area contributed by atoms with Crippen molar-refractivity contribution in [3.05, 3.63) is 11.4 Å². The summed E-state index contributed by atoms with van der Waals surface area (Å²) < 4.78 is 6.91. The number of aliphatic hydroxyl groups is 1. The highest BCUT2D eigenvalue weighted by molar-refractivity contribution is 5.88. The second-order valence-electron chi connectivity index (χ2n) is 5.18. The van der Waals surface area contributed by atoms with Crippen molar-refractivity contribution >= 4 is 5.97 Å². The Bertz CT molecular complexity index is 407. The van der Waals surface area contributed by atoms with Crippen molar-refractivity contribution in [3.8, 4) is 0 Å². The van der Waals surface area contributed by atoms with Gasteiger partial charge in [0.2, 0.25) is 0 Å². The molecule has 0 saturated carbocycles. The molecule has 0 radical (unpaired) electrons. The molecule has 0 amide bonds. The van der Waals surface area contributed by atoms with Crippen LogP contribution in [-0.2, 0) is 11.3 Å². The highest BCUT2D eigenvalue weighted by atomic mass is 16.6. The number of hydrogen-bond donors (Lipinski definition) is 1. The van der Waals surface area contributed by atoms with Crippen molar-refractivity contribution in [2.24, 2.45) is 0 Å². The first kappa shape index (κ1) is 14.6. The van der Waals surface area contributed by atoms with Crippen LogP contribution in [0.5, 0.6) is 0 Å². The molecule has 1 N–H and O–H groups in total. The van der Waals surface area contributed by atoms with E-state index in [0.717, 1.165) is 6.42 Å². The van der Waals surface area contributed by atoms with Crippen LogP contribution in [0.2, 0.25) is 0 Å². The van der Waals surface area contributed by atoms with E-state index in [9.17, 15) is 4.79 Å². The third-order valence-corrected chi connectivity index (χ3v) is 2.35. The molecule has 0 atom stereocenters. The summed E-state index contributed by atoms with van der Waals surface area (Å²) in [5.74, 6) is -0.451. The number of carbonyl (C=O) groups is 1. The summed E-state index contributed by atoms with van der Waals surface area (Å²) in [6.07, 6.45) is 1.51. The topological polar surface area (TPSA) is 77.2 Å². The van der Waals surface area contributed by atoms with Crippen LogP contribution >= 0.6 is 0 Å². The Labute approximate surface area is 107 Å². The normalized spacial score (nSPS) is 11.6. The van der Waals surface area contributed by atoms with Crippen molar-refractivity contribution in [2.75, 3.05) is 6.61 Å². The predicted molar refractivity (Wildman–Crippen MR) is 66.2 cm³/mol. The molecule has 0 saturated heterocycles. The predicted octanol–water partition coefficient (Wildman–Crippen LogP) is 1.31. The minimum absolute atomic E-state index is 0.159. The Morgan fingerprint density at radius 2 is 2.06 bits per heavy atom. The highest BCUT2D eigenvalue weighted by Gasteiger charge is 2.23. The van der Waals surface area contributed by atoms with Crippen LogP contribution < -0.4 is 0 Å². The quantitative estimate of drug-likeness (QED) is 0.634. The first-order valence-electron chi connectivity index (χ1n) is 6.09. The molecule has 1 heterocycles. The van der Waals surface area contributed by atoms with Crippen molar-refractivity contribution in [1.29, 1.82) is 0 Å². The molecule has 0 aliphatic carbocycles.